The minimum absolute atomic E-state index is 0. The summed E-state index contributed by atoms with van der Waals surface area (Å²) < 4.78 is 0. The molecule has 2 nitrogen and oxygen atoms in total. The second kappa shape index (κ2) is 5.74. The molecule has 0 saturated heterocycles. The average molecular weight is 226 g/mol. The van der Waals surface area contributed by atoms with Crippen LogP contribution in [0.4, 0.5) is 0 Å². The Bertz CT molecular complexity index is 476. The maximum Gasteiger partial charge on any atom is 2.00 e. The van der Waals surface area contributed by atoms with Crippen molar-refractivity contribution in [3.05, 3.63) is 42.5 Å². The third kappa shape index (κ3) is 2.66. The second-order valence-electron chi connectivity index (χ2n) is 3.22. The molecule has 0 spiro atoms. The van der Waals surface area contributed by atoms with Crippen LogP contribution in [0.15, 0.2) is 42.5 Å². The molecule has 1 N–H and O–H groups in total. The van der Waals surface area contributed by atoms with Gasteiger partial charge in [-0.15, -0.1) is 0 Å². The molecule has 0 aliphatic rings. The van der Waals surface area contributed by atoms with Crippen molar-refractivity contribution in [3.63, 3.8) is 0 Å². The van der Waals surface area contributed by atoms with E-state index in [4.69, 9.17) is 0 Å². The van der Waals surface area contributed by atoms with E-state index >= 15 is 0 Å². The Kier molecular flexibility index (Phi) is 4.61. The predicted molar refractivity (Wildman–Crippen MR) is 67.5 cm³/mol. The van der Waals surface area contributed by atoms with Gasteiger partial charge in [-0.3, -0.25) is 0 Å². The van der Waals surface area contributed by atoms with E-state index in [2.05, 4.69) is 11.6 Å². The molecule has 1 atom stereocenters. The number of para-hydroxylation sites is 1. The Morgan fingerprint density at radius 2 is 1.81 bits per heavy atom. The summed E-state index contributed by atoms with van der Waals surface area (Å²) in [4.78, 5) is 3.26. The van der Waals surface area contributed by atoms with Gasteiger partial charge in [0, 0.05) is 17.7 Å². The van der Waals surface area contributed by atoms with E-state index in [1.807, 2.05) is 30.3 Å². The van der Waals surface area contributed by atoms with Crippen molar-refractivity contribution >= 4 is 24.1 Å². The third-order valence-electron chi connectivity index (χ3n) is 2.24. The molecule has 0 radical (unpaired) electrons. The zero-order valence-electron chi connectivity index (χ0n) is 9.16. The van der Waals surface area contributed by atoms with E-state index in [1.165, 1.54) is 0 Å². The first-order valence-corrected chi connectivity index (χ1v) is 6.28. The summed E-state index contributed by atoms with van der Waals surface area (Å²) in [5, 5.41) is 11.6. The van der Waals surface area contributed by atoms with E-state index in [0.29, 0.717) is 8.58 Å². The quantitative estimate of drug-likeness (QED) is 0.551. The van der Waals surface area contributed by atoms with E-state index in [-0.39, 0.29) is 15.9 Å². The molecule has 0 aliphatic carbocycles. The zero-order valence-corrected chi connectivity index (χ0v) is 10.2. The van der Waals surface area contributed by atoms with E-state index in [0.717, 1.165) is 16.7 Å². The van der Waals surface area contributed by atoms with Crippen LogP contribution in [-0.4, -0.2) is 16.8 Å². The number of pyridine rings is 1. The van der Waals surface area contributed by atoms with E-state index < -0.39 is 0 Å². The molecule has 2 aromatic rings. The maximum absolute atomic E-state index is 11.6. The summed E-state index contributed by atoms with van der Waals surface area (Å²) in [7, 11) is 0.711. The summed E-state index contributed by atoms with van der Waals surface area (Å²) in [6, 6.07) is 13.0. The van der Waals surface area contributed by atoms with Crippen molar-refractivity contribution in [2.24, 2.45) is 0 Å². The van der Waals surface area contributed by atoms with Crippen molar-refractivity contribution in [3.8, 4) is 17.0 Å². The normalized spacial score (nSPS) is 10.3. The molecule has 1 aromatic carbocycles. The van der Waals surface area contributed by atoms with Crippen molar-refractivity contribution in [2.75, 3.05) is 6.66 Å². The molecule has 0 aliphatic heterocycles. The van der Waals surface area contributed by atoms with Crippen molar-refractivity contribution in [2.45, 2.75) is 0 Å². The summed E-state index contributed by atoms with van der Waals surface area (Å²) in [5.41, 5.74) is 2.79. The van der Waals surface area contributed by atoms with Gasteiger partial charge in [-0.25, -0.2) is 4.98 Å². The SMILES string of the molecule is CPc1cccc(-c2ccccc2[O-])[nH+]1.[Be+2]. The molecule has 1 aromatic heterocycles. The van der Waals surface area contributed by atoms with Crippen LogP contribution in [0.3, 0.4) is 0 Å². The molecule has 0 amide bonds. The van der Waals surface area contributed by atoms with Gasteiger partial charge in [0.05, 0.1) is 0 Å². The Hall–Kier alpha value is -1.23. The van der Waals surface area contributed by atoms with E-state index in [1.54, 1.807) is 12.1 Å². The summed E-state index contributed by atoms with van der Waals surface area (Å²) in [6.07, 6.45) is 0. The monoisotopic (exact) mass is 226 g/mol. The van der Waals surface area contributed by atoms with Crippen LogP contribution in [-0.2, 0) is 0 Å². The fourth-order valence-corrected chi connectivity index (χ4v) is 1.98. The molecule has 1 heterocycles. The predicted octanol–water partition coefficient (Wildman–Crippen LogP) is 0.794. The molecular formula is C12H12BeNOP+2. The topological polar surface area (TPSA) is 37.2 Å². The Morgan fingerprint density at radius 1 is 1.06 bits per heavy atom. The van der Waals surface area contributed by atoms with Gasteiger partial charge in [-0.1, -0.05) is 23.9 Å². The zero-order chi connectivity index (χ0) is 10.7. The second-order valence-corrected chi connectivity index (χ2v) is 4.26. The van der Waals surface area contributed by atoms with Crippen molar-refractivity contribution < 1.29 is 10.1 Å². The van der Waals surface area contributed by atoms with Crippen LogP contribution in [0.2, 0.25) is 0 Å². The number of hydrogen-bond donors (Lipinski definition) is 0. The van der Waals surface area contributed by atoms with Gasteiger partial charge in [-0.05, 0) is 27.4 Å². The number of rotatable bonds is 2. The smallest absolute Gasteiger partial charge is 0.872 e. The van der Waals surface area contributed by atoms with Gasteiger partial charge in [0.25, 0.3) is 0 Å². The van der Waals surface area contributed by atoms with Gasteiger partial charge >= 0.3 is 10.1 Å². The van der Waals surface area contributed by atoms with Crippen LogP contribution >= 0.6 is 8.58 Å². The summed E-state index contributed by atoms with van der Waals surface area (Å²) in [6.45, 7) is 2.11. The molecule has 76 valence electrons. The summed E-state index contributed by atoms with van der Waals surface area (Å²) >= 11 is 0. The Balaban J connectivity index is 0.00000128. The van der Waals surface area contributed by atoms with Crippen LogP contribution in [0, 0.1) is 0 Å². The number of benzene rings is 1. The largest absolute Gasteiger partial charge is 2.00 e. The first kappa shape index (κ1) is 12.8. The fraction of sp³-hybridized carbons (Fsp3) is 0.0833. The van der Waals surface area contributed by atoms with Crippen LogP contribution < -0.4 is 15.5 Å². The number of H-pyrrole nitrogens is 1. The number of aromatic nitrogens is 1. The first-order valence-electron chi connectivity index (χ1n) is 4.78. The van der Waals surface area contributed by atoms with E-state index in [9.17, 15) is 5.11 Å². The van der Waals surface area contributed by atoms with Gasteiger partial charge in [0.1, 0.15) is 0 Å². The number of nitrogens with one attached hydrogen (secondary N) is 1. The average Bonchev–Trinajstić information content (AvgIpc) is 2.30. The van der Waals surface area contributed by atoms with Gasteiger partial charge in [-0.2, -0.15) is 0 Å². The van der Waals surface area contributed by atoms with Gasteiger partial charge < -0.3 is 5.11 Å². The summed E-state index contributed by atoms with van der Waals surface area (Å²) in [5.74, 6) is 0.0605. The van der Waals surface area contributed by atoms with Gasteiger partial charge in [0.2, 0.25) is 5.69 Å². The van der Waals surface area contributed by atoms with Crippen LogP contribution in [0.1, 0.15) is 0 Å². The Labute approximate surface area is 101 Å². The Morgan fingerprint density at radius 3 is 2.50 bits per heavy atom. The molecular weight excluding hydrogens is 214 g/mol. The molecule has 0 saturated carbocycles. The maximum atomic E-state index is 11.6. The first-order chi connectivity index (χ1) is 7.31. The molecule has 2 rings (SSSR count). The van der Waals surface area contributed by atoms with Crippen LogP contribution in [0.5, 0.6) is 5.75 Å². The molecule has 16 heavy (non-hydrogen) atoms. The standard InChI is InChI=1S/C12H12NOP.Be/c1-15-12-8-4-6-10(13-12)9-5-2-3-7-11(9)14;/h2-8,14-15H,1H3;/q;+2. The fourth-order valence-electron chi connectivity index (χ4n) is 1.46. The minimum atomic E-state index is 0. The molecule has 1 unspecified atom stereocenters. The van der Waals surface area contributed by atoms with Crippen molar-refractivity contribution in [1.29, 1.82) is 0 Å². The third-order valence-corrected chi connectivity index (χ3v) is 3.07. The molecule has 0 bridgehead atoms. The molecule has 0 fully saturated rings. The number of hydrogen-bond acceptors (Lipinski definition) is 1. The number of aromatic amines is 1. The van der Waals surface area contributed by atoms with Crippen molar-refractivity contribution in [1.82, 2.24) is 0 Å². The molecule has 4 heteroatoms. The minimum Gasteiger partial charge on any atom is -0.872 e. The van der Waals surface area contributed by atoms with Crippen LogP contribution in [0.25, 0.3) is 11.3 Å². The van der Waals surface area contributed by atoms with Gasteiger partial charge in [0.15, 0.2) is 5.44 Å².